The number of hydrogen-bond donors (Lipinski definition) is 1. The van der Waals surface area contributed by atoms with E-state index in [4.69, 9.17) is 24.7 Å². The third-order valence-corrected chi connectivity index (χ3v) is 5.70. The lowest BCUT2D eigenvalue weighted by Crippen LogP contribution is -2.39. The molecule has 0 unspecified atom stereocenters. The number of unbranched alkanes of at least 4 members (excludes halogenated alkanes) is 3. The molecule has 2 N–H and O–H groups in total. The fraction of sp³-hybridized carbons (Fsp3) is 0.643. The maximum atomic E-state index is 12.6. The monoisotopic (exact) mass is 521 g/mol. The molecule has 0 bridgehead atoms. The third kappa shape index (κ3) is 12.7. The summed E-state index contributed by atoms with van der Waals surface area (Å²) in [5, 5.41) is 0. The van der Waals surface area contributed by atoms with Gasteiger partial charge in [0.05, 0.1) is 0 Å². The van der Waals surface area contributed by atoms with Crippen LogP contribution < -0.4 is 15.2 Å². The summed E-state index contributed by atoms with van der Waals surface area (Å²) < 4.78 is 21.6. The zero-order valence-corrected chi connectivity index (χ0v) is 22.9. The van der Waals surface area contributed by atoms with Crippen molar-refractivity contribution in [3.05, 3.63) is 23.8 Å². The minimum Gasteiger partial charge on any atom is -0.459 e. The molecule has 9 heteroatoms. The number of carbonyl (C=O) groups is 4. The van der Waals surface area contributed by atoms with Gasteiger partial charge in [-0.15, -0.1) is 0 Å². The normalized spacial score (nSPS) is 13.2. The quantitative estimate of drug-likeness (QED) is 0.227. The lowest BCUT2D eigenvalue weighted by atomic mass is 10.1. The van der Waals surface area contributed by atoms with Crippen LogP contribution in [0.4, 0.5) is 0 Å². The van der Waals surface area contributed by atoms with Gasteiger partial charge in [0.15, 0.2) is 11.5 Å². The highest BCUT2D eigenvalue weighted by molar-refractivity contribution is 5.77. The molecule has 0 aliphatic carbocycles. The molecular formula is C28H43NO8. The standard InChI is InChI=1S/C28H43NO8/c1-6-9-12-25(30)34-19(4)20(5)35-28(33)22(29)17-21-15-16-23(36-26(31)13-10-7-2)24(18-21)37-27(32)14-11-8-3/h15-16,18-20,22H,6-14,17,29H2,1-5H3/t19-,20-,22-/m0/s1. The molecule has 0 radical (unpaired) electrons. The number of ether oxygens (including phenoxy) is 4. The Balaban J connectivity index is 2.86. The first-order chi connectivity index (χ1) is 17.6. The summed E-state index contributed by atoms with van der Waals surface area (Å²) in [4.78, 5) is 48.8. The molecule has 0 amide bonds. The van der Waals surface area contributed by atoms with E-state index in [1.165, 1.54) is 6.07 Å². The van der Waals surface area contributed by atoms with Crippen molar-refractivity contribution in [2.45, 2.75) is 117 Å². The van der Waals surface area contributed by atoms with Crippen LogP contribution >= 0.6 is 0 Å². The molecule has 0 saturated carbocycles. The van der Waals surface area contributed by atoms with Crippen LogP contribution in [0.1, 0.15) is 98.0 Å². The van der Waals surface area contributed by atoms with Gasteiger partial charge in [0.2, 0.25) is 0 Å². The molecule has 0 aromatic heterocycles. The lowest BCUT2D eigenvalue weighted by molar-refractivity contribution is -0.166. The first-order valence-corrected chi connectivity index (χ1v) is 13.3. The van der Waals surface area contributed by atoms with Gasteiger partial charge in [0.1, 0.15) is 18.2 Å². The second-order valence-corrected chi connectivity index (χ2v) is 9.19. The Morgan fingerprint density at radius 3 is 1.76 bits per heavy atom. The number of benzene rings is 1. The Labute approximate surface area is 220 Å². The lowest BCUT2D eigenvalue weighted by Gasteiger charge is -2.22. The fourth-order valence-corrected chi connectivity index (χ4v) is 3.22. The van der Waals surface area contributed by atoms with Crippen LogP contribution in [0, 0.1) is 0 Å². The van der Waals surface area contributed by atoms with E-state index >= 15 is 0 Å². The molecule has 208 valence electrons. The molecule has 3 atom stereocenters. The molecule has 9 nitrogen and oxygen atoms in total. The highest BCUT2D eigenvalue weighted by Gasteiger charge is 2.25. The molecule has 0 fully saturated rings. The number of rotatable bonds is 17. The van der Waals surface area contributed by atoms with Crippen LogP contribution in [0.15, 0.2) is 18.2 Å². The third-order valence-electron chi connectivity index (χ3n) is 5.70. The molecule has 0 spiro atoms. The van der Waals surface area contributed by atoms with Crippen molar-refractivity contribution in [2.24, 2.45) is 5.73 Å². The van der Waals surface area contributed by atoms with Gasteiger partial charge >= 0.3 is 23.9 Å². The van der Waals surface area contributed by atoms with Crippen molar-refractivity contribution >= 4 is 23.9 Å². The van der Waals surface area contributed by atoms with Crippen molar-refractivity contribution in [3.8, 4) is 11.5 Å². The van der Waals surface area contributed by atoms with E-state index in [1.54, 1.807) is 26.0 Å². The molecule has 0 heterocycles. The number of hydrogen-bond acceptors (Lipinski definition) is 9. The van der Waals surface area contributed by atoms with Gasteiger partial charge in [0, 0.05) is 19.3 Å². The van der Waals surface area contributed by atoms with Gasteiger partial charge in [-0.3, -0.25) is 19.2 Å². The fourth-order valence-electron chi connectivity index (χ4n) is 3.22. The predicted octanol–water partition coefficient (Wildman–Crippen LogP) is 4.80. The Morgan fingerprint density at radius 2 is 1.22 bits per heavy atom. The summed E-state index contributed by atoms with van der Waals surface area (Å²) >= 11 is 0. The van der Waals surface area contributed by atoms with Gasteiger partial charge in [-0.05, 0) is 57.2 Å². The zero-order chi connectivity index (χ0) is 27.8. The maximum absolute atomic E-state index is 12.6. The van der Waals surface area contributed by atoms with E-state index in [-0.39, 0.29) is 36.7 Å². The van der Waals surface area contributed by atoms with Crippen LogP contribution in [0.3, 0.4) is 0 Å². The highest BCUT2D eigenvalue weighted by Crippen LogP contribution is 2.30. The van der Waals surface area contributed by atoms with Crippen molar-refractivity contribution in [1.29, 1.82) is 0 Å². The van der Waals surface area contributed by atoms with Gasteiger partial charge in [-0.25, -0.2) is 0 Å². The molecule has 1 aromatic rings. The molecule has 0 saturated heterocycles. The first kappa shape index (κ1) is 32.1. The summed E-state index contributed by atoms with van der Waals surface area (Å²) in [6.45, 7) is 9.22. The summed E-state index contributed by atoms with van der Waals surface area (Å²) in [6, 6.07) is 3.72. The molecule has 1 aromatic carbocycles. The summed E-state index contributed by atoms with van der Waals surface area (Å²) in [5.41, 5.74) is 6.68. The predicted molar refractivity (Wildman–Crippen MR) is 139 cm³/mol. The van der Waals surface area contributed by atoms with Gasteiger partial charge < -0.3 is 24.7 Å². The Kier molecular flexibility index (Phi) is 15.2. The Bertz CT molecular complexity index is 885. The summed E-state index contributed by atoms with van der Waals surface area (Å²) in [7, 11) is 0. The van der Waals surface area contributed by atoms with E-state index in [0.717, 1.165) is 25.7 Å². The van der Waals surface area contributed by atoms with Gasteiger partial charge in [-0.2, -0.15) is 0 Å². The Hall–Kier alpha value is -2.94. The van der Waals surface area contributed by atoms with Crippen LogP contribution in [0.5, 0.6) is 11.5 Å². The molecule has 0 aliphatic rings. The zero-order valence-electron chi connectivity index (χ0n) is 22.9. The van der Waals surface area contributed by atoms with E-state index in [9.17, 15) is 19.2 Å². The highest BCUT2D eigenvalue weighted by atomic mass is 16.6. The van der Waals surface area contributed by atoms with Crippen molar-refractivity contribution in [1.82, 2.24) is 0 Å². The number of nitrogens with two attached hydrogens (primary N) is 1. The number of carbonyl (C=O) groups excluding carboxylic acids is 4. The van der Waals surface area contributed by atoms with E-state index in [1.807, 2.05) is 20.8 Å². The van der Waals surface area contributed by atoms with Gasteiger partial charge in [-0.1, -0.05) is 46.1 Å². The SMILES string of the molecule is CCCCC(=O)Oc1ccc(C[C@H](N)C(=O)O[C@@H](C)[C@H](C)OC(=O)CCCC)cc1OC(=O)CCCC. The summed E-state index contributed by atoms with van der Waals surface area (Å²) in [5.74, 6) is -1.61. The minimum atomic E-state index is -1.01. The van der Waals surface area contributed by atoms with Gasteiger partial charge in [0.25, 0.3) is 0 Å². The van der Waals surface area contributed by atoms with Crippen LogP contribution in [-0.2, 0) is 35.1 Å². The van der Waals surface area contributed by atoms with E-state index in [2.05, 4.69) is 0 Å². The first-order valence-electron chi connectivity index (χ1n) is 13.3. The summed E-state index contributed by atoms with van der Waals surface area (Å²) in [6.07, 6.45) is 4.26. The molecular weight excluding hydrogens is 478 g/mol. The van der Waals surface area contributed by atoms with Crippen molar-refractivity contribution in [3.63, 3.8) is 0 Å². The van der Waals surface area contributed by atoms with Crippen LogP contribution in [0.25, 0.3) is 0 Å². The average molecular weight is 522 g/mol. The largest absolute Gasteiger partial charge is 0.459 e. The van der Waals surface area contributed by atoms with E-state index in [0.29, 0.717) is 24.8 Å². The van der Waals surface area contributed by atoms with Crippen molar-refractivity contribution in [2.75, 3.05) is 0 Å². The van der Waals surface area contributed by atoms with Crippen molar-refractivity contribution < 1.29 is 38.1 Å². The van der Waals surface area contributed by atoms with E-state index < -0.39 is 36.2 Å². The molecule has 37 heavy (non-hydrogen) atoms. The topological polar surface area (TPSA) is 131 Å². The maximum Gasteiger partial charge on any atom is 0.323 e. The molecule has 1 rings (SSSR count). The second kappa shape index (κ2) is 17.5. The average Bonchev–Trinajstić information content (AvgIpc) is 2.86. The number of esters is 4. The smallest absolute Gasteiger partial charge is 0.323 e. The molecule has 0 aliphatic heterocycles. The van der Waals surface area contributed by atoms with Crippen LogP contribution in [0.2, 0.25) is 0 Å². The Morgan fingerprint density at radius 1 is 0.730 bits per heavy atom. The minimum absolute atomic E-state index is 0.0970. The van der Waals surface area contributed by atoms with Crippen LogP contribution in [-0.4, -0.2) is 42.1 Å². The second-order valence-electron chi connectivity index (χ2n) is 9.19.